The van der Waals surface area contributed by atoms with Gasteiger partial charge in [-0.05, 0) is 79.3 Å². The molecule has 18 nitrogen and oxygen atoms in total. The monoisotopic (exact) mass is 842 g/mol. The Kier molecular flexibility index (Phi) is 11.2. The zero-order valence-corrected chi connectivity index (χ0v) is 33.6. The molecule has 3 aliphatic heterocycles. The number of rotatable bonds is 14. The summed E-state index contributed by atoms with van der Waals surface area (Å²) in [5, 5.41) is 11.2. The van der Waals surface area contributed by atoms with Gasteiger partial charge < -0.3 is 35.5 Å². The predicted molar refractivity (Wildman–Crippen MR) is 225 cm³/mol. The van der Waals surface area contributed by atoms with E-state index in [-0.39, 0.29) is 55.4 Å². The van der Waals surface area contributed by atoms with Crippen LogP contribution < -0.4 is 26.2 Å². The van der Waals surface area contributed by atoms with E-state index in [9.17, 15) is 28.4 Å². The van der Waals surface area contributed by atoms with Crippen LogP contribution in [0.5, 0.6) is 0 Å². The first kappa shape index (κ1) is 40.1. The lowest BCUT2D eigenvalue weighted by atomic mass is 9.98. The number of imide groups is 1. The number of unbranched alkanes of at least 4 members (excludes halogenated alkanes) is 1. The van der Waals surface area contributed by atoms with E-state index < -0.39 is 11.9 Å². The third-order valence-corrected chi connectivity index (χ3v) is 11.2. The number of carbonyl (C=O) groups is 5. The number of H-pyrrole nitrogens is 1. The van der Waals surface area contributed by atoms with Crippen LogP contribution in [-0.4, -0.2) is 103 Å². The van der Waals surface area contributed by atoms with Crippen molar-refractivity contribution in [1.29, 1.82) is 0 Å². The van der Waals surface area contributed by atoms with Gasteiger partial charge >= 0.3 is 0 Å². The molecule has 3 aromatic heterocycles. The molecule has 2 saturated heterocycles. The van der Waals surface area contributed by atoms with Crippen LogP contribution in [-0.2, 0) is 43.4 Å². The van der Waals surface area contributed by atoms with E-state index in [1.54, 1.807) is 47.3 Å². The van der Waals surface area contributed by atoms with Gasteiger partial charge in [0.15, 0.2) is 17.0 Å². The lowest BCUT2D eigenvalue weighted by Crippen LogP contribution is -2.52. The highest BCUT2D eigenvalue weighted by Crippen LogP contribution is 2.31. The van der Waals surface area contributed by atoms with Crippen LogP contribution in [0.1, 0.15) is 59.4 Å². The number of piperidine rings is 1. The number of ether oxygens (including phenoxy) is 1. The molecule has 0 aliphatic carbocycles. The second kappa shape index (κ2) is 17.4. The molecule has 2 fully saturated rings. The number of morpholine rings is 1. The van der Waals surface area contributed by atoms with Crippen molar-refractivity contribution < 1.29 is 33.1 Å². The van der Waals surface area contributed by atoms with E-state index in [0.29, 0.717) is 115 Å². The fraction of sp³-hybridized carbons (Fsp3) is 0.326. The van der Waals surface area contributed by atoms with E-state index >= 15 is 0 Å². The normalized spacial score (nSPS) is 16.5. The van der Waals surface area contributed by atoms with Gasteiger partial charge in [-0.3, -0.25) is 33.9 Å². The van der Waals surface area contributed by atoms with Gasteiger partial charge in [0, 0.05) is 43.7 Å². The molecule has 318 valence electrons. The molecule has 3 aromatic carbocycles. The number of halogens is 1. The van der Waals surface area contributed by atoms with Crippen LogP contribution in [0, 0.1) is 5.82 Å². The van der Waals surface area contributed by atoms with Gasteiger partial charge in [0.1, 0.15) is 24.0 Å². The van der Waals surface area contributed by atoms with Gasteiger partial charge in [-0.1, -0.05) is 18.2 Å². The number of nitrogens with one attached hydrogen (secondary N) is 5. The quantitative estimate of drug-likeness (QED) is 0.0786. The minimum atomic E-state index is -0.676. The molecule has 0 radical (unpaired) electrons. The van der Waals surface area contributed by atoms with Crippen LogP contribution in [0.25, 0.3) is 27.9 Å². The van der Waals surface area contributed by atoms with Crippen LogP contribution in [0.4, 0.5) is 21.8 Å². The largest absolute Gasteiger partial charge is 0.378 e. The third-order valence-electron chi connectivity index (χ3n) is 11.2. The van der Waals surface area contributed by atoms with Crippen molar-refractivity contribution in [2.75, 3.05) is 48.4 Å². The summed E-state index contributed by atoms with van der Waals surface area (Å²) in [7, 11) is 0. The first-order valence-electron chi connectivity index (χ1n) is 20.5. The van der Waals surface area contributed by atoms with E-state index in [2.05, 4.69) is 31.2 Å². The number of nitrogens with zero attached hydrogens (tertiary/aromatic N) is 7. The Bertz CT molecular complexity index is 2730. The molecule has 0 spiro atoms. The van der Waals surface area contributed by atoms with Gasteiger partial charge in [0.25, 0.3) is 5.91 Å². The standard InChI is InChI=1S/C43H43FN12O6/c44-26-7-4-8-28(19-26)56-24-47-38-39(52-43(53-40(38)56)54-15-17-62-18-16-54)46-21-34-49-31-12-11-27(20-32(31)50-34)48-37(59)22-45-35(57)10-2-1-5-25-6-3-9-29-30(25)23-55(42(29)61)33-13-14-36(58)51-41(33)60/h3-4,6-9,11-12,19-20,24,33H,1-2,5,10,13-18,21-23H2,(H,45,57)(H,48,59)(H,49,50)(H,46,52,53)(H,51,58,60). The predicted octanol–water partition coefficient (Wildman–Crippen LogP) is 3.51. The Hall–Kier alpha value is -7.28. The van der Waals surface area contributed by atoms with Crippen molar-refractivity contribution in [2.24, 2.45) is 0 Å². The lowest BCUT2D eigenvalue weighted by molar-refractivity contribution is -0.137. The van der Waals surface area contributed by atoms with Crippen LogP contribution >= 0.6 is 0 Å². The lowest BCUT2D eigenvalue weighted by Gasteiger charge is -2.29. The number of imidazole rings is 2. The highest BCUT2D eigenvalue weighted by molar-refractivity contribution is 6.05. The maximum absolute atomic E-state index is 14.2. The Morgan fingerprint density at radius 2 is 1.81 bits per heavy atom. The number of carbonyl (C=O) groups excluding carboxylic acids is 5. The van der Waals surface area contributed by atoms with Crippen molar-refractivity contribution in [3.05, 3.63) is 95.3 Å². The summed E-state index contributed by atoms with van der Waals surface area (Å²) >= 11 is 0. The number of aromatic amines is 1. The second-order valence-corrected chi connectivity index (χ2v) is 15.4. The summed E-state index contributed by atoms with van der Waals surface area (Å²) in [6.07, 6.45) is 4.22. The van der Waals surface area contributed by atoms with Crippen molar-refractivity contribution >= 4 is 69.2 Å². The number of anilines is 3. The Labute approximate surface area is 353 Å². The van der Waals surface area contributed by atoms with E-state index in [1.165, 1.54) is 17.0 Å². The Morgan fingerprint density at radius 1 is 0.952 bits per heavy atom. The van der Waals surface area contributed by atoms with Gasteiger partial charge in [0.05, 0.1) is 43.0 Å². The first-order chi connectivity index (χ1) is 30.2. The average molecular weight is 843 g/mol. The van der Waals surface area contributed by atoms with Crippen molar-refractivity contribution in [2.45, 2.75) is 57.7 Å². The topological polar surface area (TPSA) is 221 Å². The fourth-order valence-electron chi connectivity index (χ4n) is 8.08. The molecule has 5 amide bonds. The molecule has 1 atom stereocenters. The molecule has 1 unspecified atom stereocenters. The second-order valence-electron chi connectivity index (χ2n) is 15.4. The molecule has 62 heavy (non-hydrogen) atoms. The van der Waals surface area contributed by atoms with Crippen molar-refractivity contribution in [3.8, 4) is 5.69 Å². The fourth-order valence-corrected chi connectivity index (χ4v) is 8.08. The van der Waals surface area contributed by atoms with Gasteiger partial charge in [0.2, 0.25) is 29.6 Å². The summed E-state index contributed by atoms with van der Waals surface area (Å²) in [5.74, 6) is -0.409. The number of hydrogen-bond acceptors (Lipinski definition) is 12. The highest BCUT2D eigenvalue weighted by atomic mass is 19.1. The average Bonchev–Trinajstić information content (AvgIpc) is 3.99. The molecule has 6 heterocycles. The van der Waals surface area contributed by atoms with Gasteiger partial charge in [-0.25, -0.2) is 14.4 Å². The summed E-state index contributed by atoms with van der Waals surface area (Å²) < 4.78 is 21.4. The molecule has 0 saturated carbocycles. The van der Waals surface area contributed by atoms with Gasteiger partial charge in [-0.15, -0.1) is 0 Å². The zero-order valence-electron chi connectivity index (χ0n) is 33.6. The summed E-state index contributed by atoms with van der Waals surface area (Å²) in [5.41, 5.74) is 5.93. The van der Waals surface area contributed by atoms with E-state index in [1.807, 2.05) is 17.0 Å². The molecule has 0 bridgehead atoms. The SMILES string of the molecule is O=C(CCCCc1cccc2c1CN(C1CCC(=O)NC1=O)C2=O)NCC(=O)Nc1ccc2nc(CNc3nc(N4CCOCC4)nc4c3ncn4-c3cccc(F)c3)[nH]c2c1. The minimum Gasteiger partial charge on any atom is -0.378 e. The number of aryl methyl sites for hydroxylation is 1. The summed E-state index contributed by atoms with van der Waals surface area (Å²) in [6.45, 7) is 2.70. The Morgan fingerprint density at radius 3 is 2.65 bits per heavy atom. The van der Waals surface area contributed by atoms with Crippen LogP contribution in [0.2, 0.25) is 0 Å². The smallest absolute Gasteiger partial charge is 0.255 e. The molecule has 3 aliphatic rings. The van der Waals surface area contributed by atoms with Crippen LogP contribution in [0.15, 0.2) is 67.0 Å². The zero-order chi connectivity index (χ0) is 42.7. The number of hydrogen-bond donors (Lipinski definition) is 5. The summed E-state index contributed by atoms with van der Waals surface area (Å²) in [4.78, 5) is 88.4. The first-order valence-corrected chi connectivity index (χ1v) is 20.5. The molecule has 9 rings (SSSR count). The maximum Gasteiger partial charge on any atom is 0.255 e. The van der Waals surface area contributed by atoms with E-state index in [0.717, 1.165) is 11.1 Å². The van der Waals surface area contributed by atoms with Crippen molar-refractivity contribution in [3.63, 3.8) is 0 Å². The number of fused-ring (bicyclic) bond motifs is 3. The molecular formula is C43H43FN12O6. The molecule has 6 aromatic rings. The number of aromatic nitrogens is 6. The number of benzene rings is 3. The van der Waals surface area contributed by atoms with Crippen molar-refractivity contribution in [1.82, 2.24) is 45.0 Å². The molecular weight excluding hydrogens is 800 g/mol. The van der Waals surface area contributed by atoms with E-state index in [4.69, 9.17) is 19.7 Å². The highest BCUT2D eigenvalue weighted by Gasteiger charge is 2.39. The van der Waals surface area contributed by atoms with Gasteiger partial charge in [-0.2, -0.15) is 9.97 Å². The maximum atomic E-state index is 14.2. The molecule has 5 N–H and O–H groups in total. The van der Waals surface area contributed by atoms with Crippen LogP contribution in [0.3, 0.4) is 0 Å². The molecule has 19 heteroatoms. The Balaban J connectivity index is 0.766. The summed E-state index contributed by atoms with van der Waals surface area (Å²) in [6, 6.07) is 16.4. The third kappa shape index (κ3) is 8.51. The number of amides is 5. The minimum absolute atomic E-state index is 0.194.